The summed E-state index contributed by atoms with van der Waals surface area (Å²) in [4.78, 5) is 26.3. The molecule has 2 atom stereocenters. The molecule has 1 rings (SSSR count). The lowest BCUT2D eigenvalue weighted by Crippen LogP contribution is -2.19. The van der Waals surface area contributed by atoms with E-state index in [4.69, 9.17) is 15.5 Å². The van der Waals surface area contributed by atoms with Crippen LogP contribution in [0.5, 0.6) is 5.75 Å². The molecule has 0 radical (unpaired) electrons. The van der Waals surface area contributed by atoms with E-state index in [9.17, 15) is 19.2 Å². The van der Waals surface area contributed by atoms with Crippen LogP contribution >= 0.6 is 7.60 Å². The van der Waals surface area contributed by atoms with E-state index in [1.165, 1.54) is 6.92 Å². The first-order valence-electron chi connectivity index (χ1n) is 6.09. The van der Waals surface area contributed by atoms with Crippen molar-refractivity contribution in [3.05, 3.63) is 23.0 Å². The van der Waals surface area contributed by atoms with Crippen molar-refractivity contribution in [1.82, 2.24) is 4.98 Å². The summed E-state index contributed by atoms with van der Waals surface area (Å²) in [6.07, 6.45) is 0.476. The van der Waals surface area contributed by atoms with Gasteiger partial charge in [-0.25, -0.2) is 4.39 Å². The molecule has 0 aliphatic heterocycles. The molecule has 1 aromatic heterocycles. The van der Waals surface area contributed by atoms with Gasteiger partial charge in [-0.1, -0.05) is 5.16 Å². The quantitative estimate of drug-likeness (QED) is 0.262. The van der Waals surface area contributed by atoms with Crippen molar-refractivity contribution < 1.29 is 33.8 Å². The van der Waals surface area contributed by atoms with E-state index in [0.29, 0.717) is 0 Å². The molecule has 0 saturated carbocycles. The summed E-state index contributed by atoms with van der Waals surface area (Å²) in [5.41, 5.74) is 4.67. The Labute approximate surface area is 125 Å². The fourth-order valence-electron chi connectivity index (χ4n) is 1.43. The second-order valence-electron chi connectivity index (χ2n) is 4.39. The average molecular weight is 337 g/mol. The predicted octanol–water partition coefficient (Wildman–Crippen LogP) is -0.0885. The largest absolute Gasteiger partial charge is 0.505 e. The van der Waals surface area contributed by atoms with Gasteiger partial charge in [0.15, 0.2) is 5.85 Å². The Hall–Kier alpha value is -1.58. The number of nitrogens with two attached hydrogens (primary N) is 1. The molecule has 0 saturated heterocycles. The summed E-state index contributed by atoms with van der Waals surface area (Å²) in [6.45, 7) is 0.763. The SMILES string of the molecule is Cc1ncc(C(O)P(=O)(O)O)c(/C=N/OCC(F)CN)c1O. The summed E-state index contributed by atoms with van der Waals surface area (Å²) >= 11 is 0. The number of hydrogen-bond donors (Lipinski definition) is 5. The maximum absolute atomic E-state index is 12.8. The second kappa shape index (κ2) is 7.61. The van der Waals surface area contributed by atoms with Crippen molar-refractivity contribution >= 4 is 13.8 Å². The second-order valence-corrected chi connectivity index (χ2v) is 6.05. The third kappa shape index (κ3) is 4.72. The third-order valence-corrected chi connectivity index (χ3v) is 3.59. The van der Waals surface area contributed by atoms with Crippen molar-refractivity contribution in [2.45, 2.75) is 18.9 Å². The minimum absolute atomic E-state index is 0.147. The lowest BCUT2D eigenvalue weighted by atomic mass is 10.1. The first-order chi connectivity index (χ1) is 10.2. The van der Waals surface area contributed by atoms with Gasteiger partial charge in [0.05, 0.1) is 11.9 Å². The van der Waals surface area contributed by atoms with Gasteiger partial charge in [0.2, 0.25) is 0 Å². The summed E-state index contributed by atoms with van der Waals surface area (Å²) in [5, 5.41) is 22.9. The topological polar surface area (TPSA) is 158 Å². The highest BCUT2D eigenvalue weighted by atomic mass is 31.2. The van der Waals surface area contributed by atoms with Crippen molar-refractivity contribution in [3.8, 4) is 5.75 Å². The Kier molecular flexibility index (Phi) is 6.39. The molecule has 9 nitrogen and oxygen atoms in total. The van der Waals surface area contributed by atoms with E-state index >= 15 is 0 Å². The number of aryl methyl sites for hydroxylation is 1. The molecule has 1 aromatic rings. The zero-order valence-corrected chi connectivity index (χ0v) is 12.5. The van der Waals surface area contributed by atoms with Crippen molar-refractivity contribution in [1.29, 1.82) is 0 Å². The molecule has 0 spiro atoms. The molecule has 0 aliphatic carbocycles. The lowest BCUT2D eigenvalue weighted by Gasteiger charge is -2.16. The van der Waals surface area contributed by atoms with Crippen LogP contribution in [0.2, 0.25) is 0 Å². The summed E-state index contributed by atoms with van der Waals surface area (Å²) in [5.74, 6) is -2.63. The number of aliphatic hydroxyl groups excluding tert-OH is 1. The van der Waals surface area contributed by atoms with Crippen molar-refractivity contribution in [3.63, 3.8) is 0 Å². The summed E-state index contributed by atoms with van der Waals surface area (Å²) < 4.78 is 24.0. The van der Waals surface area contributed by atoms with Crippen LogP contribution in [0.15, 0.2) is 11.4 Å². The van der Waals surface area contributed by atoms with Crippen LogP contribution in [0.25, 0.3) is 0 Å². The third-order valence-electron chi connectivity index (χ3n) is 2.67. The molecular formula is C11H17FN3O6P. The number of pyridine rings is 1. The van der Waals surface area contributed by atoms with Gasteiger partial charge in [-0.05, 0) is 6.92 Å². The number of alkyl halides is 1. The highest BCUT2D eigenvalue weighted by Gasteiger charge is 2.31. The molecule has 124 valence electrons. The molecule has 0 amide bonds. The van der Waals surface area contributed by atoms with Gasteiger partial charge in [-0.2, -0.15) is 0 Å². The molecule has 0 aromatic carbocycles. The summed E-state index contributed by atoms with van der Waals surface area (Å²) in [6, 6.07) is 0. The van der Waals surface area contributed by atoms with Crippen LogP contribution in [0.1, 0.15) is 22.7 Å². The number of nitrogens with zero attached hydrogens (tertiary/aromatic N) is 2. The highest BCUT2D eigenvalue weighted by molar-refractivity contribution is 7.51. The van der Waals surface area contributed by atoms with Crippen LogP contribution in [0, 0.1) is 6.92 Å². The molecule has 6 N–H and O–H groups in total. The van der Waals surface area contributed by atoms with Crippen LogP contribution in [-0.4, -0.2) is 50.5 Å². The number of aliphatic hydroxyl groups is 1. The summed E-state index contributed by atoms with van der Waals surface area (Å²) in [7, 11) is -4.87. The first kappa shape index (κ1) is 18.5. The predicted molar refractivity (Wildman–Crippen MR) is 75.1 cm³/mol. The van der Waals surface area contributed by atoms with Gasteiger partial charge in [0.1, 0.15) is 18.5 Å². The molecule has 1 heterocycles. The minimum Gasteiger partial charge on any atom is -0.505 e. The Balaban J connectivity index is 3.08. The number of aromatic nitrogens is 1. The molecule has 22 heavy (non-hydrogen) atoms. The highest BCUT2D eigenvalue weighted by Crippen LogP contribution is 2.51. The standard InChI is InChI=1S/C11H17FN3O6P/c1-6-10(16)8(4-15-21-5-7(12)2-13)9(3-14-6)11(17)22(18,19)20/h3-4,7,11,16-17H,2,5,13H2,1H3,(H2,18,19,20)/b15-4+. The average Bonchev–Trinajstić information content (AvgIpc) is 2.45. The zero-order valence-electron chi connectivity index (χ0n) is 11.6. The first-order valence-corrected chi connectivity index (χ1v) is 7.77. The van der Waals surface area contributed by atoms with E-state index in [0.717, 1.165) is 12.4 Å². The monoisotopic (exact) mass is 337 g/mol. The van der Waals surface area contributed by atoms with Gasteiger partial charge in [-0.3, -0.25) is 9.55 Å². The van der Waals surface area contributed by atoms with E-state index in [1.807, 2.05) is 0 Å². The zero-order chi connectivity index (χ0) is 16.9. The van der Waals surface area contributed by atoms with Crippen molar-refractivity contribution in [2.75, 3.05) is 13.2 Å². The normalized spacial score (nSPS) is 15.0. The van der Waals surface area contributed by atoms with E-state index < -0.39 is 32.0 Å². The number of aromatic hydroxyl groups is 1. The van der Waals surface area contributed by atoms with Gasteiger partial charge >= 0.3 is 7.60 Å². The minimum atomic E-state index is -4.87. The van der Waals surface area contributed by atoms with Gasteiger partial charge in [0.25, 0.3) is 0 Å². The van der Waals surface area contributed by atoms with E-state index in [2.05, 4.69) is 15.0 Å². The molecular weight excluding hydrogens is 320 g/mol. The van der Waals surface area contributed by atoms with E-state index in [1.54, 1.807) is 0 Å². The molecule has 0 fully saturated rings. The Morgan fingerprint density at radius 2 is 2.23 bits per heavy atom. The van der Waals surface area contributed by atoms with E-state index in [-0.39, 0.29) is 23.4 Å². The van der Waals surface area contributed by atoms with Crippen LogP contribution < -0.4 is 5.73 Å². The Morgan fingerprint density at radius 3 is 2.77 bits per heavy atom. The maximum atomic E-state index is 12.8. The molecule has 0 aliphatic rings. The smallest absolute Gasteiger partial charge is 0.358 e. The molecule has 2 unspecified atom stereocenters. The Bertz CT molecular complexity index is 593. The van der Waals surface area contributed by atoms with Crippen molar-refractivity contribution in [2.24, 2.45) is 10.9 Å². The fourth-order valence-corrected chi connectivity index (χ4v) is 2.00. The Morgan fingerprint density at radius 1 is 1.59 bits per heavy atom. The number of oxime groups is 1. The number of rotatable bonds is 7. The van der Waals surface area contributed by atoms with Gasteiger partial charge < -0.3 is 30.6 Å². The number of hydrogen-bond acceptors (Lipinski definition) is 7. The van der Waals surface area contributed by atoms with Crippen LogP contribution in [-0.2, 0) is 9.40 Å². The molecule has 11 heteroatoms. The number of halogens is 1. The fraction of sp³-hybridized carbons (Fsp3) is 0.455. The van der Waals surface area contributed by atoms with Crippen LogP contribution in [0.4, 0.5) is 4.39 Å². The van der Waals surface area contributed by atoms with Crippen LogP contribution in [0.3, 0.4) is 0 Å². The maximum Gasteiger partial charge on any atom is 0.358 e. The molecule has 0 bridgehead atoms. The van der Waals surface area contributed by atoms with Gasteiger partial charge in [0, 0.05) is 23.9 Å². The lowest BCUT2D eigenvalue weighted by molar-refractivity contribution is 0.0909. The van der Waals surface area contributed by atoms with Gasteiger partial charge in [-0.15, -0.1) is 0 Å².